The number of hydrogen-bond acceptors (Lipinski definition) is 4. The highest BCUT2D eigenvalue weighted by molar-refractivity contribution is 6.07. The average Bonchev–Trinajstić information content (AvgIpc) is 3.46. The molecule has 2 aliphatic rings. The van der Waals surface area contributed by atoms with E-state index in [0.717, 1.165) is 35.3 Å². The molecule has 31 heavy (non-hydrogen) atoms. The Bertz CT molecular complexity index is 1130. The molecular weight excluding hydrogens is 394 g/mol. The van der Waals surface area contributed by atoms with E-state index in [4.69, 9.17) is 0 Å². The van der Waals surface area contributed by atoms with E-state index in [1.54, 1.807) is 0 Å². The van der Waals surface area contributed by atoms with Gasteiger partial charge in [-0.25, -0.2) is 9.78 Å². The van der Waals surface area contributed by atoms with Gasteiger partial charge in [-0.2, -0.15) is 0 Å². The quantitative estimate of drug-likeness (QED) is 0.553. The van der Waals surface area contributed by atoms with Crippen molar-refractivity contribution in [1.29, 1.82) is 0 Å². The number of fused-ring (bicyclic) bond motifs is 1. The first-order valence-corrected chi connectivity index (χ1v) is 10.5. The SMILES string of the molecule is O=C(CCN1C(=O)NC2(CCCC2)C1=O)Nc1ccc(-c2nc3ccccc3[nH]2)cc1. The van der Waals surface area contributed by atoms with Gasteiger partial charge in [0.1, 0.15) is 11.4 Å². The van der Waals surface area contributed by atoms with Gasteiger partial charge in [0.05, 0.1) is 11.0 Å². The number of carbonyl (C=O) groups is 3. The Morgan fingerprint density at radius 3 is 2.55 bits per heavy atom. The zero-order valence-electron chi connectivity index (χ0n) is 17.0. The molecule has 1 saturated heterocycles. The zero-order chi connectivity index (χ0) is 21.4. The maximum absolute atomic E-state index is 12.6. The minimum Gasteiger partial charge on any atom is -0.338 e. The van der Waals surface area contributed by atoms with Crippen molar-refractivity contribution in [2.24, 2.45) is 0 Å². The van der Waals surface area contributed by atoms with Crippen molar-refractivity contribution in [3.8, 4) is 11.4 Å². The number of imidazole rings is 1. The molecule has 5 rings (SSSR count). The van der Waals surface area contributed by atoms with Gasteiger partial charge in [0, 0.05) is 24.2 Å². The number of H-pyrrole nitrogens is 1. The number of anilines is 1. The lowest BCUT2D eigenvalue weighted by atomic mass is 9.98. The van der Waals surface area contributed by atoms with Crippen LogP contribution in [0.4, 0.5) is 10.5 Å². The molecule has 1 spiro atoms. The van der Waals surface area contributed by atoms with Gasteiger partial charge >= 0.3 is 6.03 Å². The number of hydrogen-bond donors (Lipinski definition) is 3. The Balaban J connectivity index is 1.19. The summed E-state index contributed by atoms with van der Waals surface area (Å²) in [6.07, 6.45) is 3.28. The van der Waals surface area contributed by atoms with E-state index in [2.05, 4.69) is 20.6 Å². The van der Waals surface area contributed by atoms with Gasteiger partial charge in [0.15, 0.2) is 0 Å². The summed E-state index contributed by atoms with van der Waals surface area (Å²) < 4.78 is 0. The zero-order valence-corrected chi connectivity index (χ0v) is 17.0. The molecule has 0 radical (unpaired) electrons. The summed E-state index contributed by atoms with van der Waals surface area (Å²) in [5.41, 5.74) is 2.69. The molecule has 1 aliphatic heterocycles. The smallest absolute Gasteiger partial charge is 0.325 e. The van der Waals surface area contributed by atoms with E-state index < -0.39 is 11.6 Å². The Morgan fingerprint density at radius 2 is 1.81 bits per heavy atom. The van der Waals surface area contributed by atoms with Crippen LogP contribution in [0.15, 0.2) is 48.5 Å². The summed E-state index contributed by atoms with van der Waals surface area (Å²) >= 11 is 0. The standard InChI is InChI=1S/C23H23N5O3/c29-19(11-14-28-21(30)23(27-22(28)31)12-3-4-13-23)24-16-9-7-15(8-10-16)20-25-17-5-1-2-6-18(17)26-20/h1-2,5-10H,3-4,11-14H2,(H,24,29)(H,25,26)(H,27,31). The first-order valence-electron chi connectivity index (χ1n) is 10.5. The van der Waals surface area contributed by atoms with Gasteiger partial charge in [0.2, 0.25) is 5.91 Å². The fraction of sp³-hybridized carbons (Fsp3) is 0.304. The number of nitrogens with zero attached hydrogens (tertiary/aromatic N) is 2. The van der Waals surface area contributed by atoms with Gasteiger partial charge < -0.3 is 15.6 Å². The molecule has 1 aromatic heterocycles. The third-order valence-electron chi connectivity index (χ3n) is 6.10. The highest BCUT2D eigenvalue weighted by atomic mass is 16.2. The van der Waals surface area contributed by atoms with E-state index in [1.807, 2.05) is 48.5 Å². The van der Waals surface area contributed by atoms with Gasteiger partial charge in [0.25, 0.3) is 5.91 Å². The number of imide groups is 1. The number of amides is 4. The molecule has 158 valence electrons. The highest BCUT2D eigenvalue weighted by Crippen LogP contribution is 2.35. The third-order valence-corrected chi connectivity index (χ3v) is 6.10. The number of nitrogens with one attached hydrogen (secondary N) is 3. The van der Waals surface area contributed by atoms with Crippen LogP contribution in [-0.2, 0) is 9.59 Å². The Morgan fingerprint density at radius 1 is 1.06 bits per heavy atom. The molecule has 4 amide bonds. The molecule has 0 unspecified atom stereocenters. The van der Waals surface area contributed by atoms with Gasteiger partial charge in [-0.15, -0.1) is 0 Å². The first kappa shape index (κ1) is 19.3. The normalized spacial score (nSPS) is 17.5. The Kier molecular flexibility index (Phi) is 4.69. The van der Waals surface area contributed by atoms with E-state index in [9.17, 15) is 14.4 Å². The average molecular weight is 417 g/mol. The number of aromatic amines is 1. The van der Waals surface area contributed by atoms with Crippen molar-refractivity contribution in [1.82, 2.24) is 20.2 Å². The number of carbonyl (C=O) groups excluding carboxylic acids is 3. The van der Waals surface area contributed by atoms with Crippen LogP contribution in [0.5, 0.6) is 0 Å². The second-order valence-corrected chi connectivity index (χ2v) is 8.15. The number of urea groups is 1. The molecule has 3 N–H and O–H groups in total. The van der Waals surface area contributed by atoms with Gasteiger partial charge in [-0.05, 0) is 49.2 Å². The second-order valence-electron chi connectivity index (χ2n) is 8.15. The molecule has 2 aromatic carbocycles. The number of benzene rings is 2. The van der Waals surface area contributed by atoms with Crippen molar-refractivity contribution in [3.05, 3.63) is 48.5 Å². The third kappa shape index (κ3) is 3.54. The summed E-state index contributed by atoms with van der Waals surface area (Å²) in [5.74, 6) is 0.320. The largest absolute Gasteiger partial charge is 0.338 e. The van der Waals surface area contributed by atoms with Crippen molar-refractivity contribution in [2.75, 3.05) is 11.9 Å². The van der Waals surface area contributed by atoms with Gasteiger partial charge in [-0.1, -0.05) is 25.0 Å². The summed E-state index contributed by atoms with van der Waals surface area (Å²) in [6, 6.07) is 14.8. The molecule has 2 heterocycles. The summed E-state index contributed by atoms with van der Waals surface area (Å²) in [5, 5.41) is 5.65. The molecular formula is C23H23N5O3. The summed E-state index contributed by atoms with van der Waals surface area (Å²) in [6.45, 7) is 0.0787. The number of aromatic nitrogens is 2. The number of rotatable bonds is 5. The monoisotopic (exact) mass is 417 g/mol. The fourth-order valence-electron chi connectivity index (χ4n) is 4.43. The van der Waals surface area contributed by atoms with E-state index in [1.165, 1.54) is 4.90 Å². The molecule has 0 atom stereocenters. The molecule has 1 saturated carbocycles. The van der Waals surface area contributed by atoms with Crippen molar-refractivity contribution >= 4 is 34.6 Å². The van der Waals surface area contributed by atoms with Crippen LogP contribution in [0.25, 0.3) is 22.4 Å². The Hall–Kier alpha value is -3.68. The van der Waals surface area contributed by atoms with E-state index in [0.29, 0.717) is 18.5 Å². The lowest BCUT2D eigenvalue weighted by Crippen LogP contribution is -2.44. The minimum absolute atomic E-state index is 0.0561. The second kappa shape index (κ2) is 7.54. The Labute approximate surface area is 179 Å². The molecule has 3 aromatic rings. The van der Waals surface area contributed by atoms with Crippen LogP contribution in [0.3, 0.4) is 0 Å². The maximum atomic E-state index is 12.6. The van der Waals surface area contributed by atoms with Crippen LogP contribution in [0.1, 0.15) is 32.1 Å². The highest BCUT2D eigenvalue weighted by Gasteiger charge is 2.52. The molecule has 8 heteroatoms. The van der Waals surface area contributed by atoms with E-state index in [-0.39, 0.29) is 24.8 Å². The first-order chi connectivity index (χ1) is 15.0. The molecule has 2 fully saturated rings. The lowest BCUT2D eigenvalue weighted by molar-refractivity contribution is -0.131. The summed E-state index contributed by atoms with van der Waals surface area (Å²) in [7, 11) is 0. The molecule has 8 nitrogen and oxygen atoms in total. The lowest BCUT2D eigenvalue weighted by Gasteiger charge is -2.19. The van der Waals surface area contributed by atoms with Crippen molar-refractivity contribution in [2.45, 2.75) is 37.6 Å². The van der Waals surface area contributed by atoms with Crippen LogP contribution in [0, 0.1) is 0 Å². The van der Waals surface area contributed by atoms with Crippen LogP contribution in [-0.4, -0.2) is 44.8 Å². The van der Waals surface area contributed by atoms with Crippen molar-refractivity contribution in [3.63, 3.8) is 0 Å². The predicted molar refractivity (Wildman–Crippen MR) is 116 cm³/mol. The molecule has 0 bridgehead atoms. The predicted octanol–water partition coefficient (Wildman–Crippen LogP) is 3.42. The summed E-state index contributed by atoms with van der Waals surface area (Å²) in [4.78, 5) is 46.3. The van der Waals surface area contributed by atoms with Crippen LogP contribution < -0.4 is 10.6 Å². The fourth-order valence-corrected chi connectivity index (χ4v) is 4.43. The maximum Gasteiger partial charge on any atom is 0.325 e. The van der Waals surface area contributed by atoms with Gasteiger partial charge in [-0.3, -0.25) is 14.5 Å². The number of para-hydroxylation sites is 2. The van der Waals surface area contributed by atoms with Crippen LogP contribution in [0.2, 0.25) is 0 Å². The van der Waals surface area contributed by atoms with Crippen LogP contribution >= 0.6 is 0 Å². The van der Waals surface area contributed by atoms with Crippen molar-refractivity contribution < 1.29 is 14.4 Å². The topological polar surface area (TPSA) is 107 Å². The van der Waals surface area contributed by atoms with E-state index >= 15 is 0 Å². The minimum atomic E-state index is -0.736. The molecule has 1 aliphatic carbocycles.